The smallest absolute Gasteiger partial charge is 0.0372 e. The van der Waals surface area contributed by atoms with E-state index in [2.05, 4.69) is 66.0 Å². The molecule has 1 N–H and O–H groups in total. The molecule has 0 radical (unpaired) electrons. The average Bonchev–Trinajstić information content (AvgIpc) is 2.69. The van der Waals surface area contributed by atoms with Crippen LogP contribution in [0.1, 0.15) is 37.8 Å². The molecule has 0 saturated carbocycles. The molecule has 112 valence electrons. The van der Waals surface area contributed by atoms with Gasteiger partial charge in [0.25, 0.3) is 0 Å². The highest BCUT2D eigenvalue weighted by atomic mass is 79.9. The van der Waals surface area contributed by atoms with E-state index in [4.69, 9.17) is 0 Å². The third-order valence-electron chi connectivity index (χ3n) is 4.55. The van der Waals surface area contributed by atoms with E-state index in [0.717, 1.165) is 25.6 Å². The first-order valence-corrected chi connectivity index (χ1v) is 8.57. The molecule has 1 heterocycles. The van der Waals surface area contributed by atoms with Crippen LogP contribution < -0.4 is 10.2 Å². The van der Waals surface area contributed by atoms with E-state index in [1.54, 1.807) is 0 Å². The van der Waals surface area contributed by atoms with Gasteiger partial charge in [0.1, 0.15) is 0 Å². The Morgan fingerprint density at radius 2 is 2.00 bits per heavy atom. The summed E-state index contributed by atoms with van der Waals surface area (Å²) in [5.41, 5.74) is 4.04. The Bertz CT molecular complexity index is 435. The topological polar surface area (TPSA) is 15.3 Å². The molecule has 1 fully saturated rings. The Kier molecular flexibility index (Phi) is 5.50. The maximum atomic E-state index is 3.72. The van der Waals surface area contributed by atoms with E-state index in [0.29, 0.717) is 6.04 Å². The van der Waals surface area contributed by atoms with Crippen molar-refractivity contribution in [2.45, 2.75) is 46.6 Å². The van der Waals surface area contributed by atoms with Crippen molar-refractivity contribution in [2.75, 3.05) is 24.5 Å². The van der Waals surface area contributed by atoms with Crippen LogP contribution in [0.4, 0.5) is 5.69 Å². The largest absolute Gasteiger partial charge is 0.370 e. The van der Waals surface area contributed by atoms with Gasteiger partial charge < -0.3 is 10.2 Å². The van der Waals surface area contributed by atoms with Gasteiger partial charge in [-0.2, -0.15) is 0 Å². The Hall–Kier alpha value is -0.540. The molecule has 0 spiro atoms. The molecular weight excluding hydrogens is 312 g/mol. The van der Waals surface area contributed by atoms with Crippen molar-refractivity contribution in [3.63, 3.8) is 0 Å². The fraction of sp³-hybridized carbons (Fsp3) is 0.647. The van der Waals surface area contributed by atoms with Gasteiger partial charge in [0, 0.05) is 29.3 Å². The number of anilines is 1. The van der Waals surface area contributed by atoms with Gasteiger partial charge in [0.05, 0.1) is 0 Å². The van der Waals surface area contributed by atoms with Crippen LogP contribution >= 0.6 is 15.9 Å². The van der Waals surface area contributed by atoms with Gasteiger partial charge in [-0.1, -0.05) is 36.2 Å². The van der Waals surface area contributed by atoms with Crippen LogP contribution in [-0.4, -0.2) is 25.7 Å². The van der Waals surface area contributed by atoms with Gasteiger partial charge in [-0.25, -0.2) is 0 Å². The number of nitrogens with one attached hydrogen (secondary N) is 1. The van der Waals surface area contributed by atoms with Crippen molar-refractivity contribution >= 4 is 21.6 Å². The monoisotopic (exact) mass is 338 g/mol. The summed E-state index contributed by atoms with van der Waals surface area (Å²) < 4.78 is 1.24. The van der Waals surface area contributed by atoms with Crippen LogP contribution in [0.15, 0.2) is 16.6 Å². The molecule has 0 aromatic heterocycles. The van der Waals surface area contributed by atoms with Crippen molar-refractivity contribution < 1.29 is 0 Å². The fourth-order valence-electron chi connectivity index (χ4n) is 2.96. The lowest BCUT2D eigenvalue weighted by Gasteiger charge is -2.30. The third-order valence-corrected chi connectivity index (χ3v) is 5.80. The third kappa shape index (κ3) is 3.56. The number of rotatable bonds is 3. The summed E-state index contributed by atoms with van der Waals surface area (Å²) in [7, 11) is 0. The van der Waals surface area contributed by atoms with Crippen LogP contribution in [0.25, 0.3) is 0 Å². The molecule has 0 amide bonds. The summed E-state index contributed by atoms with van der Waals surface area (Å²) >= 11 is 3.67. The Balaban J connectivity index is 2.22. The molecule has 1 aliphatic heterocycles. The Labute approximate surface area is 132 Å². The molecular formula is C17H27BrN2. The Morgan fingerprint density at radius 1 is 1.35 bits per heavy atom. The van der Waals surface area contributed by atoms with Crippen molar-refractivity contribution in [2.24, 2.45) is 5.92 Å². The van der Waals surface area contributed by atoms with Gasteiger partial charge in [0.2, 0.25) is 0 Å². The summed E-state index contributed by atoms with van der Waals surface area (Å²) in [5.74, 6) is 0.730. The normalized spacial score (nSPS) is 21.6. The van der Waals surface area contributed by atoms with Gasteiger partial charge in [-0.15, -0.1) is 0 Å². The second-order valence-electron chi connectivity index (χ2n) is 6.14. The van der Waals surface area contributed by atoms with E-state index in [-0.39, 0.29) is 0 Å². The standard InChI is InChI=1S/C17H27BrN2/c1-5-12(2)16-11-20(8-6-7-19-16)15-9-13(3)17(18)14(4)10-15/h9-10,12,16,19H,5-8,11H2,1-4H3. The van der Waals surface area contributed by atoms with Gasteiger partial charge in [-0.05, 0) is 56.0 Å². The van der Waals surface area contributed by atoms with Crippen LogP contribution in [0.2, 0.25) is 0 Å². The van der Waals surface area contributed by atoms with E-state index in [9.17, 15) is 0 Å². The summed E-state index contributed by atoms with van der Waals surface area (Å²) in [6.07, 6.45) is 2.46. The number of hydrogen-bond donors (Lipinski definition) is 1. The zero-order valence-corrected chi connectivity index (χ0v) is 14.8. The van der Waals surface area contributed by atoms with E-state index in [1.165, 1.54) is 34.1 Å². The zero-order chi connectivity index (χ0) is 14.7. The number of halogens is 1. The molecule has 2 rings (SSSR count). The lowest BCUT2D eigenvalue weighted by atomic mass is 9.98. The molecule has 1 aromatic carbocycles. The highest BCUT2D eigenvalue weighted by Crippen LogP contribution is 2.28. The molecule has 1 aromatic rings. The van der Waals surface area contributed by atoms with Crippen molar-refractivity contribution in [3.8, 4) is 0 Å². The first-order valence-electron chi connectivity index (χ1n) is 7.78. The SMILES string of the molecule is CCC(C)C1CN(c2cc(C)c(Br)c(C)c2)CCCN1. The van der Waals surface area contributed by atoms with Crippen molar-refractivity contribution in [3.05, 3.63) is 27.7 Å². The molecule has 20 heavy (non-hydrogen) atoms. The van der Waals surface area contributed by atoms with E-state index in [1.807, 2.05) is 0 Å². The van der Waals surface area contributed by atoms with Gasteiger partial charge in [0.15, 0.2) is 0 Å². The van der Waals surface area contributed by atoms with E-state index >= 15 is 0 Å². The van der Waals surface area contributed by atoms with Gasteiger partial charge in [-0.3, -0.25) is 0 Å². The average molecular weight is 339 g/mol. The van der Waals surface area contributed by atoms with Crippen molar-refractivity contribution in [1.82, 2.24) is 5.32 Å². The lowest BCUT2D eigenvalue weighted by molar-refractivity contribution is 0.384. The summed E-state index contributed by atoms with van der Waals surface area (Å²) in [4.78, 5) is 2.56. The molecule has 2 nitrogen and oxygen atoms in total. The number of nitrogens with zero attached hydrogens (tertiary/aromatic N) is 1. The first kappa shape index (κ1) is 15.8. The fourth-order valence-corrected chi connectivity index (χ4v) is 3.19. The lowest BCUT2D eigenvalue weighted by Crippen LogP contribution is -2.42. The first-order chi connectivity index (χ1) is 9.52. The minimum Gasteiger partial charge on any atom is -0.370 e. The van der Waals surface area contributed by atoms with Gasteiger partial charge >= 0.3 is 0 Å². The highest BCUT2D eigenvalue weighted by Gasteiger charge is 2.22. The number of hydrogen-bond acceptors (Lipinski definition) is 2. The zero-order valence-electron chi connectivity index (χ0n) is 13.2. The number of benzene rings is 1. The molecule has 2 unspecified atom stereocenters. The maximum Gasteiger partial charge on any atom is 0.0372 e. The molecule has 0 bridgehead atoms. The summed E-state index contributed by atoms with van der Waals surface area (Å²) in [5, 5.41) is 3.72. The molecule has 3 heteroatoms. The van der Waals surface area contributed by atoms with E-state index < -0.39 is 0 Å². The predicted octanol–water partition coefficient (Wildman–Crippen LogP) is 4.28. The summed E-state index contributed by atoms with van der Waals surface area (Å²) in [6.45, 7) is 12.4. The summed E-state index contributed by atoms with van der Waals surface area (Å²) in [6, 6.07) is 5.23. The second kappa shape index (κ2) is 6.95. The van der Waals surface area contributed by atoms with Crippen LogP contribution in [0, 0.1) is 19.8 Å². The predicted molar refractivity (Wildman–Crippen MR) is 91.7 cm³/mol. The highest BCUT2D eigenvalue weighted by molar-refractivity contribution is 9.10. The molecule has 1 saturated heterocycles. The van der Waals surface area contributed by atoms with Crippen LogP contribution in [0.3, 0.4) is 0 Å². The second-order valence-corrected chi connectivity index (χ2v) is 6.93. The van der Waals surface area contributed by atoms with Crippen LogP contribution in [-0.2, 0) is 0 Å². The minimum absolute atomic E-state index is 0.603. The maximum absolute atomic E-state index is 3.72. The molecule has 2 atom stereocenters. The quantitative estimate of drug-likeness (QED) is 0.884. The molecule has 1 aliphatic rings. The molecule has 0 aliphatic carbocycles. The Morgan fingerprint density at radius 3 is 2.60 bits per heavy atom. The van der Waals surface area contributed by atoms with Crippen LogP contribution in [0.5, 0.6) is 0 Å². The number of aryl methyl sites for hydroxylation is 2. The minimum atomic E-state index is 0.603. The van der Waals surface area contributed by atoms with Crippen molar-refractivity contribution in [1.29, 1.82) is 0 Å².